The van der Waals surface area contributed by atoms with E-state index >= 15 is 0 Å². The molecule has 2 atom stereocenters. The molecule has 0 saturated heterocycles. The molecule has 0 spiro atoms. The third kappa shape index (κ3) is 13.8. The number of aliphatic hydroxyl groups excluding tert-OH is 1. The predicted molar refractivity (Wildman–Crippen MR) is 212 cm³/mol. The molecule has 1 aliphatic rings. The Bertz CT molecular complexity index is 2260. The maximum atomic E-state index is 12.2. The average Bonchev–Trinajstić information content (AvgIpc) is 3.70. The fraction of sp³-hybridized carbons (Fsp3) is 0.357. The van der Waals surface area contributed by atoms with Gasteiger partial charge in [0.15, 0.2) is 6.23 Å². The summed E-state index contributed by atoms with van der Waals surface area (Å²) in [5, 5.41) is 21.3. The minimum Gasteiger partial charge on any atom is -0.438 e. The van der Waals surface area contributed by atoms with E-state index in [4.69, 9.17) is 38.4 Å². The summed E-state index contributed by atoms with van der Waals surface area (Å²) in [6, 6.07) is 14.7. The van der Waals surface area contributed by atoms with Crippen LogP contribution in [0.25, 0.3) is 0 Å². The molecule has 16 nitrogen and oxygen atoms in total. The first-order valence-electron chi connectivity index (χ1n) is 18.4. The van der Waals surface area contributed by atoms with Crippen molar-refractivity contribution in [2.24, 2.45) is 0 Å². The van der Waals surface area contributed by atoms with Crippen molar-refractivity contribution in [1.29, 1.82) is 5.26 Å². The van der Waals surface area contributed by atoms with Crippen LogP contribution in [0, 0.1) is 48.9 Å². The van der Waals surface area contributed by atoms with Gasteiger partial charge in [0.25, 0.3) is 5.56 Å². The van der Waals surface area contributed by atoms with E-state index in [1.54, 1.807) is 48.7 Å². The van der Waals surface area contributed by atoms with Crippen LogP contribution in [-0.4, -0.2) is 103 Å². The molecule has 302 valence electrons. The predicted octanol–water partition coefficient (Wildman–Crippen LogP) is 3.28. The molecule has 1 aliphatic heterocycles. The number of nitrogens with zero attached hydrogens (tertiary/aromatic N) is 4. The zero-order chi connectivity index (χ0) is 41.0. The van der Waals surface area contributed by atoms with E-state index in [2.05, 4.69) is 50.0 Å². The van der Waals surface area contributed by atoms with E-state index < -0.39 is 23.6 Å². The summed E-state index contributed by atoms with van der Waals surface area (Å²) in [4.78, 5) is 35.2. The Morgan fingerprint density at radius 1 is 0.845 bits per heavy atom. The number of nitriles is 1. The lowest BCUT2D eigenvalue weighted by atomic mass is 10.1. The van der Waals surface area contributed by atoms with Crippen molar-refractivity contribution in [1.82, 2.24) is 19.5 Å². The molecule has 2 aromatic carbocycles. The monoisotopic (exact) mass is 792 g/mol. The molecule has 0 aliphatic carbocycles. The number of benzene rings is 2. The molecular formula is C42H44N6O10. The van der Waals surface area contributed by atoms with E-state index in [1.807, 2.05) is 26.0 Å². The first-order chi connectivity index (χ1) is 28.3. The first kappa shape index (κ1) is 43.0. The number of aromatic amines is 1. The third-order valence-electron chi connectivity index (χ3n) is 8.09. The first-order valence-corrected chi connectivity index (χ1v) is 18.4. The molecule has 2 unspecified atom stereocenters. The van der Waals surface area contributed by atoms with E-state index in [9.17, 15) is 14.7 Å². The van der Waals surface area contributed by atoms with Crippen molar-refractivity contribution in [3.05, 3.63) is 116 Å². The molecule has 0 fully saturated rings. The molecule has 3 heterocycles. The maximum Gasteiger partial charge on any atom is 0.330 e. The Kier molecular flexibility index (Phi) is 17.2. The number of hydrogen-bond donors (Lipinski definition) is 3. The van der Waals surface area contributed by atoms with Crippen LogP contribution in [0.1, 0.15) is 34.0 Å². The van der Waals surface area contributed by atoms with Crippen LogP contribution in [0.15, 0.2) is 76.6 Å². The highest BCUT2D eigenvalue weighted by atomic mass is 16.6. The highest BCUT2D eigenvalue weighted by Gasteiger charge is 2.21. The van der Waals surface area contributed by atoms with E-state index in [1.165, 1.54) is 10.8 Å². The van der Waals surface area contributed by atoms with Gasteiger partial charge in [-0.1, -0.05) is 29.8 Å². The van der Waals surface area contributed by atoms with Crippen LogP contribution in [0.2, 0.25) is 0 Å². The van der Waals surface area contributed by atoms with Crippen molar-refractivity contribution in [2.75, 3.05) is 78.0 Å². The van der Waals surface area contributed by atoms with Crippen LogP contribution in [-0.2, 0) is 28.4 Å². The highest BCUT2D eigenvalue weighted by molar-refractivity contribution is 5.55. The number of ether oxygens (including phenoxy) is 7. The van der Waals surface area contributed by atoms with Gasteiger partial charge in [-0.2, -0.15) is 10.2 Å². The van der Waals surface area contributed by atoms with Gasteiger partial charge in [-0.3, -0.25) is 14.3 Å². The molecule has 2 aromatic heterocycles. The lowest BCUT2D eigenvalue weighted by Crippen LogP contribution is -2.33. The fourth-order valence-electron chi connectivity index (χ4n) is 5.31. The molecule has 3 N–H and O–H groups in total. The summed E-state index contributed by atoms with van der Waals surface area (Å²) in [5.74, 6) is 13.1. The number of anilines is 2. The Morgan fingerprint density at radius 3 is 2.07 bits per heavy atom. The van der Waals surface area contributed by atoms with Crippen molar-refractivity contribution in [3.63, 3.8) is 0 Å². The summed E-state index contributed by atoms with van der Waals surface area (Å²) in [5.41, 5.74) is 2.83. The lowest BCUT2D eigenvalue weighted by Gasteiger charge is -2.14. The lowest BCUT2D eigenvalue weighted by molar-refractivity contribution is -0.0103. The quantitative estimate of drug-likeness (QED) is 0.0669. The Hall–Kier alpha value is -6.13. The third-order valence-corrected chi connectivity index (χ3v) is 8.09. The van der Waals surface area contributed by atoms with E-state index in [0.717, 1.165) is 22.4 Å². The van der Waals surface area contributed by atoms with Gasteiger partial charge in [0.2, 0.25) is 11.8 Å². The standard InChI is InChI=1S/C42H44N6O10/c1-30-25-33(26-31(2)39(30)58-37-13-14-44-41(46-37)45-35-9-7-32(27-43)8-10-35)5-3-15-52-17-19-54-21-23-56-24-22-55-20-18-53-16-4-6-34-28-48(42(51)47-40(34)50)38-12-11-36(29-49)57-38/h7-14,25-26,28,36,38,49H,15-24,29H2,1-2H3,(H,44,45,46)(H,47,50,51). The second-order valence-corrected chi connectivity index (χ2v) is 12.5. The molecule has 16 heteroatoms. The fourth-order valence-corrected chi connectivity index (χ4v) is 5.31. The Balaban J connectivity index is 0.871. The number of aliphatic hydroxyl groups is 1. The molecule has 5 rings (SSSR count). The van der Waals surface area contributed by atoms with Crippen LogP contribution in [0.5, 0.6) is 11.6 Å². The summed E-state index contributed by atoms with van der Waals surface area (Å²) < 4.78 is 40.4. The van der Waals surface area contributed by atoms with Crippen LogP contribution in [0.4, 0.5) is 11.6 Å². The summed E-state index contributed by atoms with van der Waals surface area (Å²) >= 11 is 0. The summed E-state index contributed by atoms with van der Waals surface area (Å²) in [6.07, 6.45) is 4.95. The molecule has 58 heavy (non-hydrogen) atoms. The van der Waals surface area contributed by atoms with Crippen LogP contribution >= 0.6 is 0 Å². The van der Waals surface area contributed by atoms with Gasteiger partial charge in [-0.05, 0) is 67.4 Å². The normalized spacial score (nSPS) is 14.2. The van der Waals surface area contributed by atoms with Gasteiger partial charge in [-0.15, -0.1) is 0 Å². The highest BCUT2D eigenvalue weighted by Crippen LogP contribution is 2.29. The minimum atomic E-state index is -0.736. The minimum absolute atomic E-state index is 0.0679. The number of H-pyrrole nitrogens is 1. The molecule has 0 saturated carbocycles. The van der Waals surface area contributed by atoms with Gasteiger partial charge in [-0.25, -0.2) is 9.78 Å². The SMILES string of the molecule is Cc1cc(C#CCOCCOCCOCCOCCOCC#Cc2cn(C3C=CC(CO)O3)c(=O)[nH]c2=O)cc(C)c1Oc1ccnc(Nc2ccc(C#N)cc2)n1. The van der Waals surface area contributed by atoms with Crippen molar-refractivity contribution >= 4 is 11.6 Å². The van der Waals surface area contributed by atoms with Crippen LogP contribution < -0.4 is 21.3 Å². The summed E-state index contributed by atoms with van der Waals surface area (Å²) in [6.45, 7) is 7.10. The van der Waals surface area contributed by atoms with Crippen LogP contribution in [0.3, 0.4) is 0 Å². The molecule has 0 radical (unpaired) electrons. The van der Waals surface area contributed by atoms with Gasteiger partial charge in [0.05, 0.1) is 71.1 Å². The zero-order valence-corrected chi connectivity index (χ0v) is 32.2. The molecular weight excluding hydrogens is 748 g/mol. The molecule has 0 bridgehead atoms. The zero-order valence-electron chi connectivity index (χ0n) is 32.2. The Morgan fingerprint density at radius 2 is 1.47 bits per heavy atom. The number of aromatic nitrogens is 4. The smallest absolute Gasteiger partial charge is 0.330 e. The molecule has 0 amide bonds. The van der Waals surface area contributed by atoms with Gasteiger partial charge in [0.1, 0.15) is 30.6 Å². The second kappa shape index (κ2) is 23.2. The van der Waals surface area contributed by atoms with Crippen molar-refractivity contribution in [3.8, 4) is 41.4 Å². The largest absolute Gasteiger partial charge is 0.438 e. The number of rotatable bonds is 20. The second-order valence-electron chi connectivity index (χ2n) is 12.5. The maximum absolute atomic E-state index is 12.2. The average molecular weight is 793 g/mol. The van der Waals surface area contributed by atoms with Gasteiger partial charge in [0, 0.05) is 29.7 Å². The van der Waals surface area contributed by atoms with Crippen molar-refractivity contribution < 1.29 is 38.3 Å². The van der Waals surface area contributed by atoms with Crippen molar-refractivity contribution in [2.45, 2.75) is 26.2 Å². The summed E-state index contributed by atoms with van der Waals surface area (Å²) in [7, 11) is 0. The number of aryl methyl sites for hydroxylation is 2. The number of hydrogen-bond acceptors (Lipinski definition) is 14. The van der Waals surface area contributed by atoms with Gasteiger partial charge >= 0.3 is 5.69 Å². The topological polar surface area (TPSA) is 201 Å². The van der Waals surface area contributed by atoms with E-state index in [-0.39, 0.29) is 25.4 Å². The van der Waals surface area contributed by atoms with E-state index in [0.29, 0.717) is 76.0 Å². The molecule has 4 aromatic rings. The Labute approximate surface area is 335 Å². The van der Waals surface area contributed by atoms with Gasteiger partial charge < -0.3 is 43.6 Å². The number of nitrogens with one attached hydrogen (secondary N) is 2.